The van der Waals surface area contributed by atoms with Crippen molar-refractivity contribution in [2.24, 2.45) is 9.98 Å². The molecular formula is C28H25N3. The number of fused-ring (bicyclic) bond motifs is 2. The monoisotopic (exact) mass is 403 g/mol. The van der Waals surface area contributed by atoms with Crippen LogP contribution < -0.4 is 0 Å². The van der Waals surface area contributed by atoms with E-state index in [-0.39, 0.29) is 0 Å². The Labute approximate surface area is 183 Å². The van der Waals surface area contributed by atoms with E-state index in [1.807, 2.05) is 51.1 Å². The zero-order valence-corrected chi connectivity index (χ0v) is 18.2. The van der Waals surface area contributed by atoms with Crippen LogP contribution in [0.3, 0.4) is 0 Å². The minimum atomic E-state index is 0.815. The smallest absolute Gasteiger partial charge is 0.0731 e. The lowest BCUT2D eigenvalue weighted by Crippen LogP contribution is -1.97. The van der Waals surface area contributed by atoms with Gasteiger partial charge in [0.2, 0.25) is 0 Å². The van der Waals surface area contributed by atoms with Crippen LogP contribution in [-0.4, -0.2) is 17.4 Å². The molecule has 3 heteroatoms. The average Bonchev–Trinajstić information content (AvgIpc) is 2.76. The molecule has 1 aromatic heterocycles. The summed E-state index contributed by atoms with van der Waals surface area (Å²) in [5.41, 5.74) is 9.72. The zero-order chi connectivity index (χ0) is 22.1. The first-order valence-electron chi connectivity index (χ1n) is 10.2. The summed E-state index contributed by atoms with van der Waals surface area (Å²) in [6.07, 6.45) is 0. The van der Waals surface area contributed by atoms with Gasteiger partial charge in [-0.3, -0.25) is 9.98 Å². The van der Waals surface area contributed by atoms with Crippen LogP contribution in [0.1, 0.15) is 37.5 Å². The van der Waals surface area contributed by atoms with Crippen molar-refractivity contribution in [3.05, 3.63) is 90.5 Å². The molecule has 0 radical (unpaired) electrons. The van der Waals surface area contributed by atoms with Gasteiger partial charge in [0.15, 0.2) is 0 Å². The summed E-state index contributed by atoms with van der Waals surface area (Å²) in [4.78, 5) is 13.7. The molecule has 0 N–H and O–H groups in total. The van der Waals surface area contributed by atoms with Crippen molar-refractivity contribution in [1.29, 1.82) is 0 Å². The highest BCUT2D eigenvalue weighted by Crippen LogP contribution is 2.27. The number of aromatic nitrogens is 1. The molecule has 0 aliphatic carbocycles. The fourth-order valence-corrected chi connectivity index (χ4v) is 3.55. The molecule has 4 rings (SSSR count). The molecule has 3 nitrogen and oxygen atoms in total. The van der Waals surface area contributed by atoms with Gasteiger partial charge in [0.1, 0.15) is 0 Å². The van der Waals surface area contributed by atoms with E-state index < -0.39 is 0 Å². The van der Waals surface area contributed by atoms with Crippen molar-refractivity contribution in [2.45, 2.75) is 20.8 Å². The first-order chi connectivity index (χ1) is 14.8. The fourth-order valence-electron chi connectivity index (χ4n) is 3.55. The Morgan fingerprint density at radius 1 is 0.677 bits per heavy atom. The molecule has 0 saturated carbocycles. The van der Waals surface area contributed by atoms with E-state index in [2.05, 4.69) is 55.2 Å². The molecule has 0 fully saturated rings. The van der Waals surface area contributed by atoms with Gasteiger partial charge in [-0.15, -0.1) is 0 Å². The summed E-state index contributed by atoms with van der Waals surface area (Å²) in [6.45, 7) is 17.8. The Morgan fingerprint density at radius 2 is 1.19 bits per heavy atom. The maximum Gasteiger partial charge on any atom is 0.0731 e. The van der Waals surface area contributed by atoms with Gasteiger partial charge in [0.05, 0.1) is 22.4 Å². The van der Waals surface area contributed by atoms with Crippen LogP contribution >= 0.6 is 0 Å². The SMILES string of the molecule is C=Nc1ccc2cc3ccc(N=C(C)c4cc(C(=C)C)cc(C(=C)C)c4)cc3nc2c1. The number of rotatable bonds is 5. The fraction of sp³-hybridized carbons (Fsp3) is 0.107. The normalized spacial score (nSPS) is 11.6. The number of pyridine rings is 1. The maximum atomic E-state index is 4.88. The van der Waals surface area contributed by atoms with E-state index >= 15 is 0 Å². The van der Waals surface area contributed by atoms with Gasteiger partial charge in [-0.25, -0.2) is 4.98 Å². The summed E-state index contributed by atoms with van der Waals surface area (Å²) in [5.74, 6) is 0. The third kappa shape index (κ3) is 4.22. The Balaban J connectivity index is 1.79. The predicted molar refractivity (Wildman–Crippen MR) is 136 cm³/mol. The quantitative estimate of drug-likeness (QED) is 0.246. The largest absolute Gasteiger partial charge is 0.265 e. The molecule has 0 amide bonds. The van der Waals surface area contributed by atoms with Gasteiger partial charge < -0.3 is 0 Å². The molecule has 31 heavy (non-hydrogen) atoms. The highest BCUT2D eigenvalue weighted by atomic mass is 14.8. The summed E-state index contributed by atoms with van der Waals surface area (Å²) in [6, 6.07) is 20.6. The molecule has 152 valence electrons. The number of nitrogens with zero attached hydrogens (tertiary/aromatic N) is 3. The highest BCUT2D eigenvalue weighted by molar-refractivity contribution is 6.02. The van der Waals surface area contributed by atoms with Crippen molar-refractivity contribution in [1.82, 2.24) is 4.98 Å². The van der Waals surface area contributed by atoms with Crippen LogP contribution in [0.4, 0.5) is 11.4 Å². The topological polar surface area (TPSA) is 37.6 Å². The van der Waals surface area contributed by atoms with Gasteiger partial charge in [-0.1, -0.05) is 36.4 Å². The molecule has 0 unspecified atom stereocenters. The summed E-state index contributed by atoms with van der Waals surface area (Å²) < 4.78 is 0. The second-order valence-electron chi connectivity index (χ2n) is 7.96. The Morgan fingerprint density at radius 3 is 1.74 bits per heavy atom. The third-order valence-electron chi connectivity index (χ3n) is 5.40. The molecule has 0 bridgehead atoms. The van der Waals surface area contributed by atoms with E-state index in [0.717, 1.165) is 66.7 Å². The highest BCUT2D eigenvalue weighted by Gasteiger charge is 2.07. The van der Waals surface area contributed by atoms with E-state index in [4.69, 9.17) is 9.98 Å². The van der Waals surface area contributed by atoms with E-state index in [9.17, 15) is 0 Å². The predicted octanol–water partition coefficient (Wildman–Crippen LogP) is 7.93. The summed E-state index contributed by atoms with van der Waals surface area (Å²) >= 11 is 0. The minimum Gasteiger partial charge on any atom is -0.265 e. The first-order valence-corrected chi connectivity index (χ1v) is 10.2. The van der Waals surface area contributed by atoms with Crippen molar-refractivity contribution in [3.8, 4) is 0 Å². The Bertz CT molecular complexity index is 1370. The van der Waals surface area contributed by atoms with Gasteiger partial charge >= 0.3 is 0 Å². The average molecular weight is 404 g/mol. The van der Waals surface area contributed by atoms with Crippen molar-refractivity contribution in [2.75, 3.05) is 0 Å². The Hall–Kier alpha value is -3.85. The van der Waals surface area contributed by atoms with Crippen LogP contribution in [0, 0.1) is 0 Å². The van der Waals surface area contributed by atoms with Crippen LogP contribution in [-0.2, 0) is 0 Å². The molecular weight excluding hydrogens is 378 g/mol. The van der Waals surface area contributed by atoms with Gasteiger partial charge in [-0.2, -0.15) is 0 Å². The minimum absolute atomic E-state index is 0.815. The molecule has 0 atom stereocenters. The van der Waals surface area contributed by atoms with Gasteiger partial charge in [0.25, 0.3) is 0 Å². The summed E-state index contributed by atoms with van der Waals surface area (Å²) in [5, 5.41) is 2.16. The zero-order valence-electron chi connectivity index (χ0n) is 18.2. The van der Waals surface area contributed by atoms with Crippen LogP contribution in [0.2, 0.25) is 0 Å². The molecule has 1 heterocycles. The van der Waals surface area contributed by atoms with Crippen LogP contribution in [0.15, 0.2) is 83.8 Å². The number of aliphatic imine (C=N–C) groups is 2. The molecule has 0 spiro atoms. The van der Waals surface area contributed by atoms with Crippen molar-refractivity contribution >= 4 is 56.8 Å². The lowest BCUT2D eigenvalue weighted by atomic mass is 9.96. The van der Waals surface area contributed by atoms with Gasteiger partial charge in [0, 0.05) is 16.5 Å². The summed E-state index contributed by atoms with van der Waals surface area (Å²) in [7, 11) is 0. The molecule has 4 aromatic rings. The van der Waals surface area contributed by atoms with E-state index in [0.29, 0.717) is 0 Å². The standard InChI is InChI=1S/C28H25N3/c1-17(2)22-12-23(18(3)4)14-24(13-22)19(5)30-26-10-8-21-11-20-7-9-25(29-6)15-27(20)31-28(21)16-26/h7-16H,1,3,6H2,2,4-5H3. The van der Waals surface area contributed by atoms with E-state index in [1.165, 1.54) is 0 Å². The van der Waals surface area contributed by atoms with Crippen molar-refractivity contribution in [3.63, 3.8) is 0 Å². The maximum absolute atomic E-state index is 4.88. The van der Waals surface area contributed by atoms with Crippen molar-refractivity contribution < 1.29 is 0 Å². The second kappa shape index (κ2) is 8.11. The van der Waals surface area contributed by atoms with Crippen LogP contribution in [0.25, 0.3) is 33.0 Å². The molecule has 0 saturated heterocycles. The van der Waals surface area contributed by atoms with Gasteiger partial charge in [-0.05, 0) is 92.7 Å². The van der Waals surface area contributed by atoms with Crippen LogP contribution in [0.5, 0.6) is 0 Å². The Kier molecular flexibility index (Phi) is 5.35. The third-order valence-corrected chi connectivity index (χ3v) is 5.40. The number of hydrogen-bond donors (Lipinski definition) is 0. The first kappa shape index (κ1) is 20.4. The van der Waals surface area contributed by atoms with E-state index in [1.54, 1.807) is 0 Å². The number of benzene rings is 3. The number of allylic oxidation sites excluding steroid dienone is 2. The molecule has 0 aliphatic heterocycles. The lowest BCUT2D eigenvalue weighted by Gasteiger charge is -2.10. The lowest BCUT2D eigenvalue weighted by molar-refractivity contribution is 1.43. The molecule has 0 aliphatic rings. The second-order valence-corrected chi connectivity index (χ2v) is 7.96. The number of hydrogen-bond acceptors (Lipinski definition) is 3. The molecule has 3 aromatic carbocycles.